The van der Waals surface area contributed by atoms with E-state index in [0.717, 1.165) is 12.8 Å². The summed E-state index contributed by atoms with van der Waals surface area (Å²) in [4.78, 5) is 2.46. The zero-order valence-corrected chi connectivity index (χ0v) is 31.3. The molecule has 0 amide bonds. The third-order valence-electron chi connectivity index (χ3n) is 12.8. The number of aromatic nitrogens is 1. The summed E-state index contributed by atoms with van der Waals surface area (Å²) in [6.07, 6.45) is 6.97. The Labute approximate surface area is 317 Å². The maximum Gasteiger partial charge on any atom is 0.0547 e. The summed E-state index contributed by atoms with van der Waals surface area (Å²) in [5.41, 5.74) is 18.3. The van der Waals surface area contributed by atoms with E-state index in [2.05, 4.69) is 195 Å². The zero-order valence-electron chi connectivity index (χ0n) is 31.3. The van der Waals surface area contributed by atoms with Crippen molar-refractivity contribution < 1.29 is 0 Å². The van der Waals surface area contributed by atoms with Gasteiger partial charge in [-0.25, -0.2) is 0 Å². The van der Waals surface area contributed by atoms with Crippen LogP contribution in [0.2, 0.25) is 0 Å². The van der Waals surface area contributed by atoms with Gasteiger partial charge >= 0.3 is 0 Å². The van der Waals surface area contributed by atoms with E-state index in [-0.39, 0.29) is 10.8 Å². The Kier molecular flexibility index (Phi) is 6.51. The van der Waals surface area contributed by atoms with Crippen LogP contribution in [0.4, 0.5) is 17.1 Å². The van der Waals surface area contributed by atoms with Crippen LogP contribution in [0.1, 0.15) is 62.8 Å². The van der Waals surface area contributed by atoms with Gasteiger partial charge in [0.25, 0.3) is 0 Å². The zero-order chi connectivity index (χ0) is 36.3. The van der Waals surface area contributed by atoms with Crippen LogP contribution in [0, 0.1) is 0 Å². The van der Waals surface area contributed by atoms with Crippen molar-refractivity contribution in [2.75, 3.05) is 4.90 Å². The van der Waals surface area contributed by atoms with Crippen LogP contribution >= 0.6 is 0 Å². The summed E-state index contributed by atoms with van der Waals surface area (Å²) in [5, 5.41) is 5.18. The van der Waals surface area contributed by atoms with Crippen LogP contribution in [-0.2, 0) is 10.8 Å². The van der Waals surface area contributed by atoms with Crippen LogP contribution < -0.4 is 4.90 Å². The van der Waals surface area contributed by atoms with E-state index in [0.29, 0.717) is 0 Å². The largest absolute Gasteiger partial charge is 0.310 e. The first kappa shape index (κ1) is 31.4. The number of rotatable bonds is 4. The minimum absolute atomic E-state index is 0.0251. The molecule has 0 saturated heterocycles. The van der Waals surface area contributed by atoms with Gasteiger partial charge in [0.05, 0.1) is 11.0 Å². The number of nitrogens with zero attached hydrogens (tertiary/aromatic N) is 2. The van der Waals surface area contributed by atoms with Gasteiger partial charge < -0.3 is 9.47 Å². The first-order valence-corrected chi connectivity index (χ1v) is 19.4. The monoisotopic (exact) mass is 694 g/mol. The van der Waals surface area contributed by atoms with Crippen molar-refractivity contribution in [3.8, 4) is 16.8 Å². The normalized spacial score (nSPS) is 16.1. The van der Waals surface area contributed by atoms with E-state index < -0.39 is 0 Å². The molecule has 0 spiro atoms. The third kappa shape index (κ3) is 4.28. The molecule has 2 nitrogen and oxygen atoms in total. The molecule has 0 radical (unpaired) electrons. The average Bonchev–Trinajstić information content (AvgIpc) is 3.75. The van der Waals surface area contributed by atoms with E-state index in [1.54, 1.807) is 0 Å². The fourth-order valence-corrected chi connectivity index (χ4v) is 10.2. The van der Waals surface area contributed by atoms with Gasteiger partial charge in [0, 0.05) is 44.4 Å². The second-order valence-electron chi connectivity index (χ2n) is 16.5. The second kappa shape index (κ2) is 11.2. The molecule has 0 N–H and O–H groups in total. The van der Waals surface area contributed by atoms with Crippen molar-refractivity contribution in [1.29, 1.82) is 0 Å². The number of anilines is 3. The molecule has 0 saturated carbocycles. The first-order valence-electron chi connectivity index (χ1n) is 19.4. The molecule has 54 heavy (non-hydrogen) atoms. The van der Waals surface area contributed by atoms with Gasteiger partial charge in [-0.15, -0.1) is 0 Å². The molecule has 3 aliphatic rings. The van der Waals surface area contributed by atoms with E-state index >= 15 is 0 Å². The Hall–Kier alpha value is -6.12. The van der Waals surface area contributed by atoms with Crippen LogP contribution in [0.15, 0.2) is 163 Å². The highest BCUT2D eigenvalue weighted by atomic mass is 15.1. The van der Waals surface area contributed by atoms with Gasteiger partial charge in [-0.2, -0.15) is 0 Å². The molecule has 0 atom stereocenters. The molecule has 0 unspecified atom stereocenters. The van der Waals surface area contributed by atoms with E-state index in [4.69, 9.17) is 0 Å². The van der Waals surface area contributed by atoms with Gasteiger partial charge in [-0.1, -0.05) is 125 Å². The van der Waals surface area contributed by atoms with E-state index in [1.807, 2.05) is 0 Å². The Morgan fingerprint density at radius 3 is 1.96 bits per heavy atom. The summed E-state index contributed by atoms with van der Waals surface area (Å²) in [6.45, 7) is 9.59. The molecule has 2 heteroatoms. The highest BCUT2D eigenvalue weighted by Gasteiger charge is 2.39. The van der Waals surface area contributed by atoms with E-state index in [9.17, 15) is 0 Å². The quantitative estimate of drug-likeness (QED) is 0.178. The van der Waals surface area contributed by atoms with E-state index in [1.165, 1.54) is 99.9 Å². The predicted octanol–water partition coefficient (Wildman–Crippen LogP) is 14.1. The smallest absolute Gasteiger partial charge is 0.0547 e. The third-order valence-corrected chi connectivity index (χ3v) is 12.8. The summed E-state index contributed by atoms with van der Waals surface area (Å²) >= 11 is 0. The van der Waals surface area contributed by atoms with Crippen LogP contribution in [0.3, 0.4) is 0 Å². The maximum atomic E-state index is 2.47. The number of fused-ring (bicyclic) bond motifs is 10. The van der Waals surface area contributed by atoms with Crippen molar-refractivity contribution in [3.63, 3.8) is 0 Å². The number of hydrogen-bond donors (Lipinski definition) is 0. The minimum Gasteiger partial charge on any atom is -0.310 e. The molecular weight excluding hydrogens is 653 g/mol. The number of allylic oxidation sites excluding steroid dienone is 4. The number of benzene rings is 7. The van der Waals surface area contributed by atoms with Crippen molar-refractivity contribution in [3.05, 3.63) is 186 Å². The lowest BCUT2D eigenvalue weighted by Crippen LogP contribution is -2.18. The average molecular weight is 695 g/mol. The summed E-state index contributed by atoms with van der Waals surface area (Å²) < 4.78 is 2.47. The molecule has 260 valence electrons. The highest BCUT2D eigenvalue weighted by Crippen LogP contribution is 2.54. The molecule has 11 rings (SSSR count). The van der Waals surface area contributed by atoms with Crippen LogP contribution in [0.5, 0.6) is 0 Å². The first-order chi connectivity index (χ1) is 26.3. The fraction of sp³-hybridized carbons (Fsp3) is 0.154. The van der Waals surface area contributed by atoms with Crippen molar-refractivity contribution in [2.45, 2.75) is 51.4 Å². The molecule has 0 aliphatic heterocycles. The van der Waals surface area contributed by atoms with Crippen LogP contribution in [-0.4, -0.2) is 4.57 Å². The molecule has 3 aliphatic carbocycles. The topological polar surface area (TPSA) is 8.17 Å². The lowest BCUT2D eigenvalue weighted by molar-refractivity contribution is 0.651. The summed E-state index contributed by atoms with van der Waals surface area (Å²) in [5.74, 6) is 0. The van der Waals surface area contributed by atoms with Crippen molar-refractivity contribution in [1.82, 2.24) is 4.57 Å². The molecule has 0 bridgehead atoms. The number of para-hydroxylation sites is 2. The Bertz CT molecular complexity index is 2930. The second-order valence-corrected chi connectivity index (χ2v) is 16.5. The highest BCUT2D eigenvalue weighted by molar-refractivity contribution is 6.21. The van der Waals surface area contributed by atoms with Gasteiger partial charge in [0.2, 0.25) is 0 Å². The molecule has 7 aromatic carbocycles. The Morgan fingerprint density at radius 2 is 1.17 bits per heavy atom. The van der Waals surface area contributed by atoms with Gasteiger partial charge in [-0.3, -0.25) is 0 Å². The standard InChI is InChI=1S/C52H42N2/c1-51(2)44-20-12-10-18-39(44)40-26-23-35(30-45(40)51)53(34-15-6-5-7-16-34)36-24-27-41-42-28-25-37(32-47(42)52(3,4)46(41)31-36)54-48-21-13-11-19-43(48)50-38-17-9-8-14-33(38)22-29-49(50)54/h5-9,11-17,19-32H,10,18H2,1-4H3. The summed E-state index contributed by atoms with van der Waals surface area (Å²) in [6, 6.07) is 54.6. The van der Waals surface area contributed by atoms with Crippen LogP contribution in [0.25, 0.3) is 55.0 Å². The Morgan fingerprint density at radius 1 is 0.519 bits per heavy atom. The molecule has 1 heterocycles. The summed E-state index contributed by atoms with van der Waals surface area (Å²) in [7, 11) is 0. The number of hydrogen-bond acceptors (Lipinski definition) is 1. The van der Waals surface area contributed by atoms with Gasteiger partial charge in [0.1, 0.15) is 0 Å². The molecule has 0 fully saturated rings. The minimum atomic E-state index is -0.195. The predicted molar refractivity (Wildman–Crippen MR) is 229 cm³/mol. The lowest BCUT2D eigenvalue weighted by atomic mass is 9.80. The maximum absolute atomic E-state index is 2.47. The Balaban J connectivity index is 1.04. The van der Waals surface area contributed by atoms with Gasteiger partial charge in [-0.05, 0) is 129 Å². The lowest BCUT2D eigenvalue weighted by Gasteiger charge is -2.30. The van der Waals surface area contributed by atoms with Gasteiger partial charge in [0.15, 0.2) is 0 Å². The molecule has 1 aromatic heterocycles. The van der Waals surface area contributed by atoms with Crippen molar-refractivity contribution >= 4 is 55.2 Å². The molecule has 8 aromatic rings. The molecular formula is C52H42N2. The fourth-order valence-electron chi connectivity index (χ4n) is 10.2. The van der Waals surface area contributed by atoms with Crippen molar-refractivity contribution in [2.24, 2.45) is 0 Å². The SMILES string of the molecule is CC1(C)C2=C(CCC=C2)c2ccc(N(c3ccccc3)c3ccc4c(c3)C(C)(C)c3cc(-n5c6ccccc6c6c7ccccc7ccc65)ccc3-4)cc21.